The molecule has 1 aromatic carbocycles. The molecule has 0 aliphatic carbocycles. The number of aromatic amines is 1. The van der Waals surface area contributed by atoms with Crippen molar-refractivity contribution in [3.63, 3.8) is 0 Å². The van der Waals surface area contributed by atoms with Gasteiger partial charge in [-0.1, -0.05) is 13.0 Å². The lowest BCUT2D eigenvalue weighted by molar-refractivity contribution is -0.136. The van der Waals surface area contributed by atoms with Crippen molar-refractivity contribution in [2.45, 2.75) is 19.8 Å². The standard InChI is InChI=1S/C22H24N2O4/c1-4-13-11-24-9-8-14-20-17(6-5-7-19(20)27-2)23-21(14)18(24)10-15(13)16(12-25)22(26)28-3/h5-7,10,12-13,23H,4,8-9,11H2,1-3H3/t13-/m1/s1. The van der Waals surface area contributed by atoms with Crippen LogP contribution >= 0.6 is 0 Å². The highest BCUT2D eigenvalue weighted by Gasteiger charge is 2.33. The van der Waals surface area contributed by atoms with Gasteiger partial charge in [0, 0.05) is 29.9 Å². The number of aromatic nitrogens is 1. The number of hydrogen-bond acceptors (Lipinski definition) is 5. The van der Waals surface area contributed by atoms with Gasteiger partial charge in [-0.05, 0) is 42.2 Å². The molecule has 1 aromatic heterocycles. The Hall–Kier alpha value is -3.02. The number of fused-ring (bicyclic) bond motifs is 5. The van der Waals surface area contributed by atoms with Gasteiger partial charge in [-0.3, -0.25) is 4.79 Å². The van der Waals surface area contributed by atoms with Crippen LogP contribution in [0.25, 0.3) is 16.6 Å². The molecule has 0 saturated heterocycles. The minimum absolute atomic E-state index is 0.113. The molecule has 1 atom stereocenters. The highest BCUT2D eigenvalue weighted by Crippen LogP contribution is 2.42. The Morgan fingerprint density at radius 2 is 2.18 bits per heavy atom. The molecule has 0 fully saturated rings. The second-order valence-corrected chi connectivity index (χ2v) is 7.17. The monoisotopic (exact) mass is 380 g/mol. The Kier molecular flexibility index (Phi) is 4.71. The van der Waals surface area contributed by atoms with E-state index < -0.39 is 5.97 Å². The van der Waals surface area contributed by atoms with E-state index in [-0.39, 0.29) is 11.5 Å². The molecule has 3 heterocycles. The number of nitrogens with zero attached hydrogens (tertiary/aromatic N) is 1. The van der Waals surface area contributed by atoms with E-state index >= 15 is 0 Å². The molecule has 146 valence electrons. The average molecular weight is 380 g/mol. The van der Waals surface area contributed by atoms with Crippen LogP contribution in [0.4, 0.5) is 0 Å². The maximum absolute atomic E-state index is 12.2. The lowest BCUT2D eigenvalue weighted by atomic mass is 9.85. The summed E-state index contributed by atoms with van der Waals surface area (Å²) < 4.78 is 10.4. The number of carbonyl (C=O) groups is 2. The van der Waals surface area contributed by atoms with E-state index in [0.717, 1.165) is 59.5 Å². The summed E-state index contributed by atoms with van der Waals surface area (Å²) in [5.41, 5.74) is 5.17. The predicted octanol–water partition coefficient (Wildman–Crippen LogP) is 3.08. The van der Waals surface area contributed by atoms with Crippen molar-refractivity contribution < 1.29 is 19.1 Å². The third-order valence-corrected chi connectivity index (χ3v) is 5.84. The molecule has 2 aliphatic heterocycles. The quantitative estimate of drug-likeness (QED) is 0.290. The number of carbonyl (C=O) groups excluding carboxylic acids is 2. The number of nitrogens with one attached hydrogen (secondary N) is 1. The van der Waals surface area contributed by atoms with Gasteiger partial charge in [0.05, 0.1) is 25.6 Å². The number of esters is 1. The summed E-state index contributed by atoms with van der Waals surface area (Å²) in [6.07, 6.45) is 4.37. The number of allylic oxidation sites excluding steroid dienone is 1. The van der Waals surface area contributed by atoms with Crippen LogP contribution in [0.3, 0.4) is 0 Å². The first-order chi connectivity index (χ1) is 13.6. The van der Waals surface area contributed by atoms with Crippen molar-refractivity contribution in [2.75, 3.05) is 27.3 Å². The minimum atomic E-state index is -0.580. The van der Waals surface area contributed by atoms with E-state index in [4.69, 9.17) is 9.47 Å². The summed E-state index contributed by atoms with van der Waals surface area (Å²) in [7, 11) is 2.99. The predicted molar refractivity (Wildman–Crippen MR) is 107 cm³/mol. The van der Waals surface area contributed by atoms with Crippen molar-refractivity contribution in [1.82, 2.24) is 9.88 Å². The SMILES string of the molecule is CC[C@@H]1CN2CCc3c([nH]c4cccc(OC)c34)C2=CC1=C(C=O)C(=O)OC. The summed E-state index contributed by atoms with van der Waals surface area (Å²) in [6.45, 7) is 3.74. The van der Waals surface area contributed by atoms with Gasteiger partial charge in [-0.15, -0.1) is 0 Å². The molecule has 28 heavy (non-hydrogen) atoms. The molecule has 2 aromatic rings. The van der Waals surface area contributed by atoms with Crippen LogP contribution in [-0.4, -0.2) is 49.4 Å². The molecule has 0 saturated carbocycles. The van der Waals surface area contributed by atoms with Crippen molar-refractivity contribution in [2.24, 2.45) is 5.92 Å². The van der Waals surface area contributed by atoms with Crippen molar-refractivity contribution in [3.8, 4) is 5.75 Å². The summed E-state index contributed by atoms with van der Waals surface area (Å²) in [5.74, 6) is 0.386. The van der Waals surface area contributed by atoms with Crippen LogP contribution in [-0.2, 0) is 20.7 Å². The lowest BCUT2D eigenvalue weighted by Crippen LogP contribution is -2.37. The van der Waals surface area contributed by atoms with Gasteiger partial charge in [-0.25, -0.2) is 4.79 Å². The van der Waals surface area contributed by atoms with E-state index in [1.807, 2.05) is 24.3 Å². The van der Waals surface area contributed by atoms with Gasteiger partial charge in [0.1, 0.15) is 11.3 Å². The molecule has 0 amide bonds. The molecular formula is C22H24N2O4. The van der Waals surface area contributed by atoms with Gasteiger partial charge < -0.3 is 19.4 Å². The van der Waals surface area contributed by atoms with Crippen LogP contribution in [0, 0.1) is 5.92 Å². The van der Waals surface area contributed by atoms with Crippen molar-refractivity contribution >= 4 is 28.9 Å². The minimum Gasteiger partial charge on any atom is -0.496 e. The summed E-state index contributed by atoms with van der Waals surface area (Å²) in [5, 5.41) is 1.10. The number of aldehydes is 1. The van der Waals surface area contributed by atoms with Crippen LogP contribution in [0.5, 0.6) is 5.75 Å². The molecule has 1 N–H and O–H groups in total. The first kappa shape index (κ1) is 18.3. The smallest absolute Gasteiger partial charge is 0.341 e. The van der Waals surface area contributed by atoms with Crippen LogP contribution in [0.2, 0.25) is 0 Å². The normalized spacial score (nSPS) is 20.2. The largest absolute Gasteiger partial charge is 0.496 e. The molecular weight excluding hydrogens is 356 g/mol. The Morgan fingerprint density at radius 1 is 1.36 bits per heavy atom. The fraction of sp³-hybridized carbons (Fsp3) is 0.364. The fourth-order valence-corrected chi connectivity index (χ4v) is 4.42. The summed E-state index contributed by atoms with van der Waals surface area (Å²) in [6, 6.07) is 5.98. The fourth-order valence-electron chi connectivity index (χ4n) is 4.42. The topological polar surface area (TPSA) is 71.6 Å². The van der Waals surface area contributed by atoms with E-state index in [9.17, 15) is 9.59 Å². The molecule has 0 spiro atoms. The number of benzene rings is 1. The number of rotatable bonds is 4. The number of H-pyrrole nitrogens is 1. The highest BCUT2D eigenvalue weighted by molar-refractivity contribution is 6.09. The number of hydrogen-bond donors (Lipinski definition) is 1. The first-order valence-electron chi connectivity index (χ1n) is 9.55. The molecule has 4 rings (SSSR count). The Bertz CT molecular complexity index is 1010. The number of ether oxygens (including phenoxy) is 2. The van der Waals surface area contributed by atoms with E-state index in [1.54, 1.807) is 7.11 Å². The molecule has 6 nitrogen and oxygen atoms in total. The Morgan fingerprint density at radius 3 is 2.86 bits per heavy atom. The zero-order valence-corrected chi connectivity index (χ0v) is 16.4. The maximum atomic E-state index is 12.2. The van der Waals surface area contributed by atoms with E-state index in [2.05, 4.69) is 16.8 Å². The Labute approximate surface area is 163 Å². The lowest BCUT2D eigenvalue weighted by Gasteiger charge is -2.39. The second-order valence-electron chi connectivity index (χ2n) is 7.17. The molecule has 0 radical (unpaired) electrons. The Balaban J connectivity index is 1.94. The zero-order chi connectivity index (χ0) is 19.8. The summed E-state index contributed by atoms with van der Waals surface area (Å²) in [4.78, 5) is 29.7. The van der Waals surface area contributed by atoms with Gasteiger partial charge in [-0.2, -0.15) is 0 Å². The van der Waals surface area contributed by atoms with Crippen LogP contribution in [0.1, 0.15) is 24.6 Å². The van der Waals surface area contributed by atoms with Crippen molar-refractivity contribution in [1.29, 1.82) is 0 Å². The zero-order valence-electron chi connectivity index (χ0n) is 16.4. The van der Waals surface area contributed by atoms with Gasteiger partial charge in [0.2, 0.25) is 0 Å². The van der Waals surface area contributed by atoms with Gasteiger partial charge >= 0.3 is 5.97 Å². The first-order valence-corrected chi connectivity index (χ1v) is 9.55. The van der Waals surface area contributed by atoms with Crippen LogP contribution < -0.4 is 4.74 Å². The van der Waals surface area contributed by atoms with Gasteiger partial charge in [0.25, 0.3) is 0 Å². The highest BCUT2D eigenvalue weighted by atomic mass is 16.5. The maximum Gasteiger partial charge on any atom is 0.341 e. The third-order valence-electron chi connectivity index (χ3n) is 5.84. The van der Waals surface area contributed by atoms with Crippen molar-refractivity contribution in [3.05, 3.63) is 46.7 Å². The summed E-state index contributed by atoms with van der Waals surface area (Å²) >= 11 is 0. The second kappa shape index (κ2) is 7.19. The third kappa shape index (κ3) is 2.71. The molecule has 6 heteroatoms. The van der Waals surface area contributed by atoms with Gasteiger partial charge in [0.15, 0.2) is 6.29 Å². The molecule has 0 bridgehead atoms. The average Bonchev–Trinajstić information content (AvgIpc) is 3.12. The molecule has 2 aliphatic rings. The molecule has 0 unspecified atom stereocenters. The van der Waals surface area contributed by atoms with E-state index in [1.165, 1.54) is 12.7 Å². The number of methoxy groups -OCH3 is 2. The van der Waals surface area contributed by atoms with Crippen LogP contribution in [0.15, 0.2) is 35.4 Å². The van der Waals surface area contributed by atoms with E-state index in [0.29, 0.717) is 6.29 Å².